The van der Waals surface area contributed by atoms with Crippen molar-refractivity contribution in [3.63, 3.8) is 0 Å². The summed E-state index contributed by atoms with van der Waals surface area (Å²) < 4.78 is 24.6. The summed E-state index contributed by atoms with van der Waals surface area (Å²) in [6.45, 7) is 1.89. The number of anilines is 1. The number of benzene rings is 1. The standard InChI is InChI=1S/C13H18BrNO2S/c1-18(16,17)13-7-6-11(14)10-12(13)15-8-4-2-3-5-9-15/h6-7,10H,2-5,8-9H2,1H3. The number of rotatable bonds is 2. The molecule has 0 atom stereocenters. The van der Waals surface area contributed by atoms with E-state index in [2.05, 4.69) is 20.8 Å². The van der Waals surface area contributed by atoms with Crippen molar-refractivity contribution in [1.29, 1.82) is 0 Å². The second-order valence-corrected chi connectivity index (χ2v) is 7.69. The molecule has 0 spiro atoms. The van der Waals surface area contributed by atoms with Gasteiger partial charge in [-0.1, -0.05) is 28.8 Å². The van der Waals surface area contributed by atoms with Gasteiger partial charge in [-0.2, -0.15) is 0 Å². The monoisotopic (exact) mass is 331 g/mol. The van der Waals surface area contributed by atoms with Gasteiger partial charge in [-0.05, 0) is 31.0 Å². The SMILES string of the molecule is CS(=O)(=O)c1ccc(Br)cc1N1CCCCCC1. The van der Waals surface area contributed by atoms with Gasteiger partial charge in [0.2, 0.25) is 0 Å². The highest BCUT2D eigenvalue weighted by Crippen LogP contribution is 2.30. The Hall–Kier alpha value is -0.550. The summed E-state index contributed by atoms with van der Waals surface area (Å²) in [5, 5.41) is 0. The molecule has 1 aliphatic rings. The maximum absolute atomic E-state index is 11.9. The fourth-order valence-corrected chi connectivity index (χ4v) is 3.59. The number of sulfone groups is 1. The van der Waals surface area contributed by atoms with Crippen LogP contribution in [0.15, 0.2) is 27.6 Å². The van der Waals surface area contributed by atoms with Crippen LogP contribution in [0.3, 0.4) is 0 Å². The maximum Gasteiger partial charge on any atom is 0.177 e. The van der Waals surface area contributed by atoms with Crippen molar-refractivity contribution in [2.75, 3.05) is 24.2 Å². The minimum Gasteiger partial charge on any atom is -0.370 e. The van der Waals surface area contributed by atoms with Gasteiger partial charge in [0, 0.05) is 23.8 Å². The van der Waals surface area contributed by atoms with Gasteiger partial charge < -0.3 is 4.90 Å². The highest BCUT2D eigenvalue weighted by atomic mass is 79.9. The van der Waals surface area contributed by atoms with Crippen LogP contribution in [0.5, 0.6) is 0 Å². The van der Waals surface area contributed by atoms with Crippen LogP contribution in [0.25, 0.3) is 0 Å². The number of halogens is 1. The van der Waals surface area contributed by atoms with E-state index in [1.807, 2.05) is 6.07 Å². The average Bonchev–Trinajstić information content (AvgIpc) is 2.55. The number of nitrogens with zero attached hydrogens (tertiary/aromatic N) is 1. The summed E-state index contributed by atoms with van der Waals surface area (Å²) >= 11 is 3.43. The summed E-state index contributed by atoms with van der Waals surface area (Å²) in [6.07, 6.45) is 6.01. The Morgan fingerprint density at radius 3 is 2.28 bits per heavy atom. The van der Waals surface area contributed by atoms with Gasteiger partial charge in [-0.25, -0.2) is 8.42 Å². The van der Waals surface area contributed by atoms with Crippen LogP contribution in [0.4, 0.5) is 5.69 Å². The van der Waals surface area contributed by atoms with E-state index in [-0.39, 0.29) is 0 Å². The first-order chi connectivity index (χ1) is 8.48. The van der Waals surface area contributed by atoms with E-state index in [1.165, 1.54) is 19.1 Å². The predicted molar refractivity (Wildman–Crippen MR) is 77.9 cm³/mol. The third kappa shape index (κ3) is 3.26. The number of hydrogen-bond donors (Lipinski definition) is 0. The molecule has 1 saturated heterocycles. The zero-order valence-electron chi connectivity index (χ0n) is 10.5. The van der Waals surface area contributed by atoms with E-state index in [4.69, 9.17) is 0 Å². The first-order valence-electron chi connectivity index (χ1n) is 6.23. The van der Waals surface area contributed by atoms with Gasteiger partial charge in [-0.15, -0.1) is 0 Å². The Morgan fingerprint density at radius 1 is 1.11 bits per heavy atom. The molecule has 1 heterocycles. The van der Waals surface area contributed by atoms with Crippen LogP contribution in [0.1, 0.15) is 25.7 Å². The fourth-order valence-electron chi connectivity index (χ4n) is 2.36. The topological polar surface area (TPSA) is 37.4 Å². The maximum atomic E-state index is 11.9. The van der Waals surface area contributed by atoms with Gasteiger partial charge in [0.1, 0.15) is 0 Å². The van der Waals surface area contributed by atoms with Crippen LogP contribution in [0, 0.1) is 0 Å². The molecule has 2 rings (SSSR count). The third-order valence-electron chi connectivity index (χ3n) is 3.27. The lowest BCUT2D eigenvalue weighted by molar-refractivity contribution is 0.601. The highest BCUT2D eigenvalue weighted by molar-refractivity contribution is 9.10. The van der Waals surface area contributed by atoms with E-state index in [1.54, 1.807) is 12.1 Å². The lowest BCUT2D eigenvalue weighted by Crippen LogP contribution is -2.25. The quantitative estimate of drug-likeness (QED) is 0.834. The summed E-state index contributed by atoms with van der Waals surface area (Å²) in [5.41, 5.74) is 0.841. The molecule has 0 amide bonds. The molecule has 0 bridgehead atoms. The molecule has 0 saturated carbocycles. The van der Waals surface area contributed by atoms with E-state index < -0.39 is 9.84 Å². The van der Waals surface area contributed by atoms with Crippen LogP contribution >= 0.6 is 15.9 Å². The van der Waals surface area contributed by atoms with Gasteiger partial charge in [-0.3, -0.25) is 0 Å². The first-order valence-corrected chi connectivity index (χ1v) is 8.91. The molecule has 0 aromatic heterocycles. The molecule has 1 fully saturated rings. The van der Waals surface area contributed by atoms with Crippen molar-refractivity contribution in [2.45, 2.75) is 30.6 Å². The molecule has 0 aliphatic carbocycles. The summed E-state index contributed by atoms with van der Waals surface area (Å²) in [7, 11) is -3.17. The third-order valence-corrected chi connectivity index (χ3v) is 4.90. The average molecular weight is 332 g/mol. The Bertz CT molecular complexity index is 520. The highest BCUT2D eigenvalue weighted by Gasteiger charge is 2.19. The van der Waals surface area contributed by atoms with Gasteiger partial charge in [0.05, 0.1) is 10.6 Å². The van der Waals surface area contributed by atoms with E-state index >= 15 is 0 Å². The van der Waals surface area contributed by atoms with Crippen molar-refractivity contribution < 1.29 is 8.42 Å². The molecule has 100 valence electrons. The molecule has 3 nitrogen and oxygen atoms in total. The second kappa shape index (κ2) is 5.61. The Labute approximate surface area is 117 Å². The Kier molecular flexibility index (Phi) is 4.33. The summed E-state index contributed by atoms with van der Waals surface area (Å²) in [5.74, 6) is 0. The molecule has 5 heteroatoms. The Balaban J connectivity index is 2.44. The molecule has 1 aromatic carbocycles. The van der Waals surface area contributed by atoms with E-state index in [9.17, 15) is 8.42 Å². The van der Waals surface area contributed by atoms with Gasteiger partial charge in [0.15, 0.2) is 9.84 Å². The minimum atomic E-state index is -3.17. The molecular formula is C13H18BrNO2S. The van der Waals surface area contributed by atoms with E-state index in [0.717, 1.165) is 36.1 Å². The molecular weight excluding hydrogens is 314 g/mol. The molecule has 1 aliphatic heterocycles. The van der Waals surface area contributed by atoms with Gasteiger partial charge >= 0.3 is 0 Å². The first kappa shape index (κ1) is 13.9. The minimum absolute atomic E-state index is 0.438. The van der Waals surface area contributed by atoms with Crippen molar-refractivity contribution in [3.05, 3.63) is 22.7 Å². The zero-order chi connectivity index (χ0) is 13.2. The Morgan fingerprint density at radius 2 is 1.72 bits per heavy atom. The van der Waals surface area contributed by atoms with Crippen LogP contribution < -0.4 is 4.90 Å². The summed E-state index contributed by atoms with van der Waals surface area (Å²) in [4.78, 5) is 2.64. The molecule has 18 heavy (non-hydrogen) atoms. The van der Waals surface area contributed by atoms with Crippen LogP contribution in [0.2, 0.25) is 0 Å². The lowest BCUT2D eigenvalue weighted by Gasteiger charge is -2.25. The molecule has 0 N–H and O–H groups in total. The van der Waals surface area contributed by atoms with Crippen molar-refractivity contribution >= 4 is 31.5 Å². The lowest BCUT2D eigenvalue weighted by atomic mass is 10.2. The van der Waals surface area contributed by atoms with Crippen LogP contribution in [-0.4, -0.2) is 27.8 Å². The molecule has 0 unspecified atom stereocenters. The van der Waals surface area contributed by atoms with E-state index in [0.29, 0.717) is 4.90 Å². The van der Waals surface area contributed by atoms with Crippen molar-refractivity contribution in [3.8, 4) is 0 Å². The van der Waals surface area contributed by atoms with Crippen LogP contribution in [-0.2, 0) is 9.84 Å². The predicted octanol–water partition coefficient (Wildman–Crippen LogP) is 3.23. The zero-order valence-corrected chi connectivity index (χ0v) is 12.9. The van der Waals surface area contributed by atoms with Crippen molar-refractivity contribution in [2.24, 2.45) is 0 Å². The van der Waals surface area contributed by atoms with Crippen molar-refractivity contribution in [1.82, 2.24) is 0 Å². The second-order valence-electron chi connectivity index (χ2n) is 4.79. The molecule has 0 radical (unpaired) electrons. The molecule has 1 aromatic rings. The smallest absolute Gasteiger partial charge is 0.177 e. The number of hydrogen-bond acceptors (Lipinski definition) is 3. The fraction of sp³-hybridized carbons (Fsp3) is 0.538. The van der Waals surface area contributed by atoms with Gasteiger partial charge in [0.25, 0.3) is 0 Å². The largest absolute Gasteiger partial charge is 0.370 e. The normalized spacial score (nSPS) is 17.6. The summed E-state index contributed by atoms with van der Waals surface area (Å²) in [6, 6.07) is 5.40.